The van der Waals surface area contributed by atoms with E-state index in [1.165, 1.54) is 12.3 Å². The van der Waals surface area contributed by atoms with Crippen LogP contribution in [0.1, 0.15) is 42.4 Å². The Morgan fingerprint density at radius 1 is 1.14 bits per heavy atom. The van der Waals surface area contributed by atoms with Crippen LogP contribution in [0.4, 0.5) is 0 Å². The third-order valence-corrected chi connectivity index (χ3v) is 4.07. The van der Waals surface area contributed by atoms with Crippen LogP contribution in [0.25, 0.3) is 11.5 Å². The Balaban J connectivity index is 1.77. The third kappa shape index (κ3) is 5.25. The van der Waals surface area contributed by atoms with Crippen LogP contribution < -0.4 is 10.1 Å². The zero-order valence-corrected chi connectivity index (χ0v) is 16.4. The van der Waals surface area contributed by atoms with Gasteiger partial charge in [0.15, 0.2) is 11.5 Å². The molecule has 0 aliphatic carbocycles. The number of aromatic nitrogens is 1. The minimum absolute atomic E-state index is 0.0286. The van der Waals surface area contributed by atoms with Crippen LogP contribution in [0.5, 0.6) is 5.75 Å². The maximum atomic E-state index is 12.7. The van der Waals surface area contributed by atoms with Crippen molar-refractivity contribution in [3.8, 4) is 17.3 Å². The average molecular weight is 398 g/mol. The molecule has 3 aromatic rings. The molecule has 0 bridgehead atoms. The standard InChI is InChI=1S/C21H22N2O6/c1-13(2)28-20(24)12-16(14-6-8-15(26-3)9-7-14)22-21(25)17-11-19(29-23-17)18-5-4-10-27-18/h4-11,13,16H,12H2,1-3H3,(H,22,25). The van der Waals surface area contributed by atoms with Gasteiger partial charge in [-0.15, -0.1) is 0 Å². The number of nitrogens with one attached hydrogen (secondary N) is 1. The quantitative estimate of drug-likeness (QED) is 0.576. The van der Waals surface area contributed by atoms with Crippen LogP contribution in [-0.4, -0.2) is 30.2 Å². The summed E-state index contributed by atoms with van der Waals surface area (Å²) < 4.78 is 20.8. The minimum Gasteiger partial charge on any atom is -0.497 e. The van der Waals surface area contributed by atoms with Crippen molar-refractivity contribution in [2.24, 2.45) is 0 Å². The molecule has 0 saturated heterocycles. The minimum atomic E-state index is -0.608. The van der Waals surface area contributed by atoms with Crippen molar-refractivity contribution in [1.29, 1.82) is 0 Å². The van der Waals surface area contributed by atoms with Crippen molar-refractivity contribution in [2.45, 2.75) is 32.4 Å². The molecule has 1 unspecified atom stereocenters. The first-order valence-corrected chi connectivity index (χ1v) is 9.11. The fourth-order valence-corrected chi connectivity index (χ4v) is 2.72. The highest BCUT2D eigenvalue weighted by Gasteiger charge is 2.23. The van der Waals surface area contributed by atoms with Gasteiger partial charge in [-0.05, 0) is 43.7 Å². The Bertz CT molecular complexity index is 944. The first kappa shape index (κ1) is 20.2. The molecule has 0 fully saturated rings. The number of furan rings is 1. The van der Waals surface area contributed by atoms with E-state index < -0.39 is 17.9 Å². The molecule has 1 atom stereocenters. The van der Waals surface area contributed by atoms with Gasteiger partial charge in [0.05, 0.1) is 31.9 Å². The van der Waals surface area contributed by atoms with E-state index in [2.05, 4.69) is 10.5 Å². The highest BCUT2D eigenvalue weighted by atomic mass is 16.5. The number of amides is 1. The number of benzene rings is 1. The second kappa shape index (κ2) is 9.09. The number of hydrogen-bond acceptors (Lipinski definition) is 7. The zero-order valence-electron chi connectivity index (χ0n) is 16.4. The molecule has 0 aliphatic rings. The SMILES string of the molecule is COc1ccc(C(CC(=O)OC(C)C)NC(=O)c2cc(-c3ccco3)on2)cc1. The van der Waals surface area contributed by atoms with Crippen LogP contribution in [0.3, 0.4) is 0 Å². The lowest BCUT2D eigenvalue weighted by Crippen LogP contribution is -2.31. The van der Waals surface area contributed by atoms with Gasteiger partial charge >= 0.3 is 5.97 Å². The van der Waals surface area contributed by atoms with Gasteiger partial charge in [0.25, 0.3) is 5.91 Å². The molecule has 2 heterocycles. The Morgan fingerprint density at radius 3 is 2.52 bits per heavy atom. The van der Waals surface area contributed by atoms with Crippen LogP contribution in [0.2, 0.25) is 0 Å². The fraction of sp³-hybridized carbons (Fsp3) is 0.286. The molecule has 1 amide bonds. The normalized spacial score (nSPS) is 11.9. The number of carbonyl (C=O) groups excluding carboxylic acids is 2. The number of esters is 1. The maximum absolute atomic E-state index is 12.7. The lowest BCUT2D eigenvalue weighted by molar-refractivity contribution is -0.147. The predicted octanol–water partition coefficient (Wildman–Crippen LogP) is 3.76. The van der Waals surface area contributed by atoms with Crippen LogP contribution in [0.15, 0.2) is 57.7 Å². The van der Waals surface area contributed by atoms with E-state index in [0.717, 1.165) is 5.56 Å². The van der Waals surface area contributed by atoms with E-state index >= 15 is 0 Å². The summed E-state index contributed by atoms with van der Waals surface area (Å²) >= 11 is 0. The Kier molecular flexibility index (Phi) is 6.33. The summed E-state index contributed by atoms with van der Waals surface area (Å²) in [6.45, 7) is 3.54. The molecule has 0 spiro atoms. The Hall–Kier alpha value is -3.55. The number of ether oxygens (including phenoxy) is 2. The van der Waals surface area contributed by atoms with Crippen molar-refractivity contribution in [3.63, 3.8) is 0 Å². The summed E-state index contributed by atoms with van der Waals surface area (Å²) in [5.41, 5.74) is 0.807. The topological polar surface area (TPSA) is 104 Å². The maximum Gasteiger partial charge on any atom is 0.308 e. The van der Waals surface area contributed by atoms with Gasteiger partial charge < -0.3 is 23.7 Å². The molecule has 3 rings (SSSR count). The summed E-state index contributed by atoms with van der Waals surface area (Å²) in [5.74, 6) is 0.564. The van der Waals surface area contributed by atoms with E-state index in [0.29, 0.717) is 17.3 Å². The largest absolute Gasteiger partial charge is 0.497 e. The molecule has 0 radical (unpaired) electrons. The lowest BCUT2D eigenvalue weighted by atomic mass is 10.0. The molecular weight excluding hydrogens is 376 g/mol. The summed E-state index contributed by atoms with van der Waals surface area (Å²) in [5, 5.41) is 6.61. The van der Waals surface area contributed by atoms with Crippen LogP contribution in [-0.2, 0) is 9.53 Å². The number of hydrogen-bond donors (Lipinski definition) is 1. The third-order valence-electron chi connectivity index (χ3n) is 4.07. The summed E-state index contributed by atoms with van der Waals surface area (Å²) in [4.78, 5) is 24.9. The highest BCUT2D eigenvalue weighted by Crippen LogP contribution is 2.23. The van der Waals surface area contributed by atoms with Crippen molar-refractivity contribution in [1.82, 2.24) is 10.5 Å². The number of carbonyl (C=O) groups is 2. The number of nitrogens with zero attached hydrogens (tertiary/aromatic N) is 1. The predicted molar refractivity (Wildman–Crippen MR) is 103 cm³/mol. The fourth-order valence-electron chi connectivity index (χ4n) is 2.72. The van der Waals surface area contributed by atoms with Crippen molar-refractivity contribution in [3.05, 3.63) is 60.0 Å². The van der Waals surface area contributed by atoms with Gasteiger partial charge in [0.1, 0.15) is 5.75 Å². The summed E-state index contributed by atoms with van der Waals surface area (Å²) in [6.07, 6.45) is 1.22. The smallest absolute Gasteiger partial charge is 0.308 e. The molecule has 8 heteroatoms. The first-order chi connectivity index (χ1) is 14.0. The van der Waals surface area contributed by atoms with Gasteiger partial charge in [-0.25, -0.2) is 0 Å². The molecule has 152 valence electrons. The van der Waals surface area contributed by atoms with Crippen LogP contribution >= 0.6 is 0 Å². The summed E-state index contributed by atoms with van der Waals surface area (Å²) in [7, 11) is 1.56. The van der Waals surface area contributed by atoms with Gasteiger partial charge in [0.2, 0.25) is 5.76 Å². The van der Waals surface area contributed by atoms with Gasteiger partial charge in [-0.3, -0.25) is 9.59 Å². The Labute approximate surface area is 167 Å². The number of rotatable bonds is 8. The van der Waals surface area contributed by atoms with E-state index in [4.69, 9.17) is 18.4 Å². The van der Waals surface area contributed by atoms with Gasteiger partial charge in [0, 0.05) is 6.07 Å². The monoisotopic (exact) mass is 398 g/mol. The second-order valence-corrected chi connectivity index (χ2v) is 6.60. The van der Waals surface area contributed by atoms with Crippen LogP contribution in [0, 0.1) is 0 Å². The molecule has 2 aromatic heterocycles. The second-order valence-electron chi connectivity index (χ2n) is 6.60. The molecule has 0 saturated carbocycles. The molecule has 1 aromatic carbocycles. The number of methoxy groups -OCH3 is 1. The molecule has 1 N–H and O–H groups in total. The average Bonchev–Trinajstić information content (AvgIpc) is 3.38. The van der Waals surface area contributed by atoms with E-state index in [1.54, 1.807) is 57.4 Å². The van der Waals surface area contributed by atoms with E-state index in [9.17, 15) is 9.59 Å². The van der Waals surface area contributed by atoms with Crippen molar-refractivity contribution < 1.29 is 28.0 Å². The van der Waals surface area contributed by atoms with Gasteiger partial charge in [-0.1, -0.05) is 17.3 Å². The van der Waals surface area contributed by atoms with Gasteiger partial charge in [-0.2, -0.15) is 0 Å². The summed E-state index contributed by atoms with van der Waals surface area (Å²) in [6, 6.07) is 11.4. The molecular formula is C21H22N2O6. The van der Waals surface area contributed by atoms with E-state index in [1.807, 2.05) is 0 Å². The zero-order chi connectivity index (χ0) is 20.8. The van der Waals surface area contributed by atoms with Crippen molar-refractivity contribution in [2.75, 3.05) is 7.11 Å². The molecule has 0 aliphatic heterocycles. The Morgan fingerprint density at radius 2 is 1.90 bits per heavy atom. The van der Waals surface area contributed by atoms with E-state index in [-0.39, 0.29) is 18.2 Å². The lowest BCUT2D eigenvalue weighted by Gasteiger charge is -2.19. The molecule has 29 heavy (non-hydrogen) atoms. The first-order valence-electron chi connectivity index (χ1n) is 9.11. The highest BCUT2D eigenvalue weighted by molar-refractivity contribution is 5.93. The van der Waals surface area contributed by atoms with Crippen molar-refractivity contribution >= 4 is 11.9 Å². The molecule has 8 nitrogen and oxygen atoms in total.